The molecule has 2 aliphatic rings. The number of halogens is 2. The number of hydrogen-bond acceptors (Lipinski definition) is 7. The molecule has 1 saturated heterocycles. The molecule has 1 aliphatic heterocycles. The monoisotopic (exact) mass is 614 g/mol. The van der Waals surface area contributed by atoms with Gasteiger partial charge in [-0.2, -0.15) is 10.2 Å². The minimum atomic E-state index is -1.33. The number of amides is 1. The van der Waals surface area contributed by atoms with Gasteiger partial charge >= 0.3 is 0 Å². The molecule has 1 aromatic carbocycles. The zero-order valence-corrected chi connectivity index (χ0v) is 26.1. The van der Waals surface area contributed by atoms with Gasteiger partial charge in [0.25, 0.3) is 5.91 Å². The number of alkyl halides is 1. The Bertz CT molecular complexity index is 1670. The number of piperidine rings is 1. The predicted octanol–water partition coefficient (Wildman–Crippen LogP) is 5.79. The molecule has 1 amide bonds. The van der Waals surface area contributed by atoms with Crippen molar-refractivity contribution in [2.24, 2.45) is 5.92 Å². The molecule has 45 heavy (non-hydrogen) atoms. The largest absolute Gasteiger partial charge is 0.390 e. The van der Waals surface area contributed by atoms with Gasteiger partial charge in [0.2, 0.25) is 0 Å². The second-order valence-corrected chi connectivity index (χ2v) is 13.3. The summed E-state index contributed by atoms with van der Waals surface area (Å²) < 4.78 is 31.0. The number of carbonyl (C=O) groups is 1. The fourth-order valence-electron chi connectivity index (χ4n) is 6.41. The van der Waals surface area contributed by atoms with E-state index in [1.807, 2.05) is 39.0 Å². The number of rotatable bonds is 8. The summed E-state index contributed by atoms with van der Waals surface area (Å²) in [6.45, 7) is 7.87. The predicted molar refractivity (Wildman–Crippen MR) is 169 cm³/mol. The van der Waals surface area contributed by atoms with Crippen molar-refractivity contribution in [2.75, 3.05) is 19.6 Å². The maximum absolute atomic E-state index is 15.5. The Hall–Kier alpha value is -3.89. The van der Waals surface area contributed by atoms with Crippen LogP contribution in [0.2, 0.25) is 0 Å². The topological polar surface area (TPSA) is 104 Å². The van der Waals surface area contributed by atoms with Crippen molar-refractivity contribution in [3.63, 3.8) is 0 Å². The van der Waals surface area contributed by atoms with E-state index in [2.05, 4.69) is 30.4 Å². The second-order valence-electron chi connectivity index (χ2n) is 13.3. The lowest BCUT2D eigenvalue weighted by atomic mass is 9.77. The number of benzene rings is 1. The molecule has 1 aliphatic carbocycles. The van der Waals surface area contributed by atoms with E-state index in [-0.39, 0.29) is 23.4 Å². The van der Waals surface area contributed by atoms with Gasteiger partial charge in [0, 0.05) is 54.5 Å². The van der Waals surface area contributed by atoms with Crippen LogP contribution in [-0.4, -0.2) is 67.0 Å². The Kier molecular flexibility index (Phi) is 8.63. The molecule has 2 atom stereocenters. The summed E-state index contributed by atoms with van der Waals surface area (Å²) in [5.41, 5.74) is 2.29. The van der Waals surface area contributed by atoms with Crippen molar-refractivity contribution >= 4 is 16.8 Å². The number of pyridine rings is 2. The zero-order valence-electron chi connectivity index (χ0n) is 26.1. The number of aliphatic hydroxyl groups is 1. The van der Waals surface area contributed by atoms with E-state index in [1.54, 1.807) is 30.7 Å². The van der Waals surface area contributed by atoms with Gasteiger partial charge in [0.15, 0.2) is 0 Å². The molecule has 0 spiro atoms. The summed E-state index contributed by atoms with van der Waals surface area (Å²) in [6.07, 6.45) is 8.03. The average molecular weight is 615 g/mol. The van der Waals surface area contributed by atoms with Gasteiger partial charge in [0.05, 0.1) is 29.7 Å². The number of aromatic nitrogens is 4. The molecule has 2 N–H and O–H groups in total. The Morgan fingerprint density at radius 3 is 2.58 bits per heavy atom. The summed E-state index contributed by atoms with van der Waals surface area (Å²) in [7, 11) is 0. The average Bonchev–Trinajstić information content (AvgIpc) is 3.03. The highest BCUT2D eigenvalue weighted by Gasteiger charge is 2.38. The van der Waals surface area contributed by atoms with Crippen LogP contribution in [0.1, 0.15) is 79.7 Å². The lowest BCUT2D eigenvalue weighted by molar-refractivity contribution is -0.00592. The number of nitrogens with zero attached hydrogens (tertiary/aromatic N) is 5. The van der Waals surface area contributed by atoms with Crippen molar-refractivity contribution in [3.8, 4) is 11.3 Å². The first kappa shape index (κ1) is 31.1. The highest BCUT2D eigenvalue weighted by atomic mass is 19.1. The van der Waals surface area contributed by atoms with Gasteiger partial charge in [-0.05, 0) is 86.4 Å². The van der Waals surface area contributed by atoms with Gasteiger partial charge in [0.1, 0.15) is 17.0 Å². The highest BCUT2D eigenvalue weighted by molar-refractivity contribution is 5.98. The van der Waals surface area contributed by atoms with E-state index in [1.165, 1.54) is 6.07 Å². The number of nitrogens with one attached hydrogen (secondary N) is 1. The van der Waals surface area contributed by atoms with Crippen LogP contribution in [0.3, 0.4) is 0 Å². The van der Waals surface area contributed by atoms with Crippen LogP contribution in [-0.2, 0) is 12.8 Å². The molecule has 10 heteroatoms. The third-order valence-electron chi connectivity index (χ3n) is 9.64. The quantitative estimate of drug-likeness (QED) is 0.259. The molecule has 3 aromatic heterocycles. The molecule has 6 rings (SSSR count). The molecular formula is C35H40F2N6O2. The molecular weight excluding hydrogens is 574 g/mol. The van der Waals surface area contributed by atoms with Crippen molar-refractivity contribution in [3.05, 3.63) is 83.2 Å². The van der Waals surface area contributed by atoms with Gasteiger partial charge in [-0.15, -0.1) is 0 Å². The Morgan fingerprint density at radius 2 is 1.89 bits per heavy atom. The van der Waals surface area contributed by atoms with Crippen LogP contribution < -0.4 is 5.32 Å². The normalized spacial score (nSPS) is 20.6. The van der Waals surface area contributed by atoms with Crippen LogP contribution in [0.4, 0.5) is 8.78 Å². The van der Waals surface area contributed by atoms with Crippen LogP contribution in [0, 0.1) is 11.7 Å². The minimum Gasteiger partial charge on any atom is -0.390 e. The lowest BCUT2D eigenvalue weighted by Gasteiger charge is -2.36. The van der Waals surface area contributed by atoms with E-state index in [4.69, 9.17) is 0 Å². The SMILES string of the molecule is CC(C)C1(F)CCc2nc3c(F)cc(C(=O)NC(CCN4CCC(C)(O)CC4)c4ccc(-c5ccnnc5)nc4)cc3cc2C1. The summed E-state index contributed by atoms with van der Waals surface area (Å²) in [4.78, 5) is 25.2. The smallest absolute Gasteiger partial charge is 0.251 e. The van der Waals surface area contributed by atoms with Crippen LogP contribution >= 0.6 is 0 Å². The van der Waals surface area contributed by atoms with E-state index < -0.39 is 29.0 Å². The fraction of sp³-hybridized carbons (Fsp3) is 0.457. The van der Waals surface area contributed by atoms with Gasteiger partial charge in [-0.25, -0.2) is 13.8 Å². The third kappa shape index (κ3) is 6.87. The van der Waals surface area contributed by atoms with Crippen LogP contribution in [0.5, 0.6) is 0 Å². The zero-order chi connectivity index (χ0) is 31.8. The van der Waals surface area contributed by atoms with Crippen molar-refractivity contribution in [1.29, 1.82) is 0 Å². The standard InChI is InChI=1S/C35H40F2N6O2/c1-22(2)35(37)9-6-30-27(19-35)17-25-16-26(18-28(36)32(25)41-30)33(44)42-31(8-13-43-14-10-34(3,45)11-15-43)23-4-5-29(38-20-23)24-7-12-39-40-21-24/h4-5,7,12,16-18,20-22,31,45H,6,8-11,13-15,19H2,1-3H3,(H,42,44). The van der Waals surface area contributed by atoms with Crippen molar-refractivity contribution in [2.45, 2.75) is 76.6 Å². The van der Waals surface area contributed by atoms with E-state index in [0.717, 1.165) is 41.2 Å². The number of fused-ring (bicyclic) bond motifs is 2. The number of likely N-dealkylation sites (tertiary alicyclic amines) is 1. The van der Waals surface area contributed by atoms with E-state index in [0.29, 0.717) is 44.0 Å². The molecule has 4 heterocycles. The molecule has 1 fully saturated rings. The maximum atomic E-state index is 15.5. The first-order chi connectivity index (χ1) is 21.5. The number of hydrogen-bond donors (Lipinski definition) is 2. The lowest BCUT2D eigenvalue weighted by Crippen LogP contribution is -2.43. The van der Waals surface area contributed by atoms with E-state index in [9.17, 15) is 9.90 Å². The molecule has 0 radical (unpaired) electrons. The third-order valence-corrected chi connectivity index (χ3v) is 9.64. The second kappa shape index (κ2) is 12.5. The van der Waals surface area contributed by atoms with Gasteiger partial charge < -0.3 is 15.3 Å². The molecule has 236 valence electrons. The summed E-state index contributed by atoms with van der Waals surface area (Å²) in [5, 5.41) is 21.7. The van der Waals surface area contributed by atoms with Crippen molar-refractivity contribution in [1.82, 2.24) is 30.4 Å². The Morgan fingerprint density at radius 1 is 1.09 bits per heavy atom. The van der Waals surface area contributed by atoms with Crippen LogP contribution in [0.25, 0.3) is 22.2 Å². The summed E-state index contributed by atoms with van der Waals surface area (Å²) >= 11 is 0. The van der Waals surface area contributed by atoms with Crippen LogP contribution in [0.15, 0.2) is 55.0 Å². The number of carbonyl (C=O) groups excluding carboxylic acids is 1. The molecule has 2 unspecified atom stereocenters. The maximum Gasteiger partial charge on any atom is 0.251 e. The summed E-state index contributed by atoms with van der Waals surface area (Å²) in [6, 6.07) is 9.93. The highest BCUT2D eigenvalue weighted by Crippen LogP contribution is 2.38. The first-order valence-electron chi connectivity index (χ1n) is 15.8. The molecule has 0 saturated carbocycles. The molecule has 0 bridgehead atoms. The first-order valence-corrected chi connectivity index (χ1v) is 15.8. The Labute approximate surface area is 262 Å². The summed E-state index contributed by atoms with van der Waals surface area (Å²) in [5.74, 6) is -1.13. The molecule has 4 aromatic rings. The minimum absolute atomic E-state index is 0.143. The van der Waals surface area contributed by atoms with Crippen molar-refractivity contribution < 1.29 is 18.7 Å². The number of aryl methyl sites for hydroxylation is 1. The van der Waals surface area contributed by atoms with Gasteiger partial charge in [-0.1, -0.05) is 19.9 Å². The fourth-order valence-corrected chi connectivity index (χ4v) is 6.41. The van der Waals surface area contributed by atoms with Gasteiger partial charge in [-0.3, -0.25) is 9.78 Å². The Balaban J connectivity index is 1.25. The molecule has 8 nitrogen and oxygen atoms in total. The van der Waals surface area contributed by atoms with E-state index >= 15 is 8.78 Å².